The smallest absolute Gasteiger partial charge is 0.128 e. The quantitative estimate of drug-likeness (QED) is 0.922. The lowest BCUT2D eigenvalue weighted by Crippen LogP contribution is -2.43. The number of pyridine rings is 1. The van der Waals surface area contributed by atoms with Crippen LogP contribution in [0.25, 0.3) is 0 Å². The highest BCUT2D eigenvalue weighted by Crippen LogP contribution is 2.37. The molecule has 0 aliphatic carbocycles. The SMILES string of the molecule is COc1cc(OC)cc(C2(O)CCN(c3ccc(C#N)cn3)CC2)c1. The fourth-order valence-electron chi connectivity index (χ4n) is 3.11. The van der Waals surface area contributed by atoms with E-state index in [1.807, 2.05) is 18.2 Å². The fourth-order valence-corrected chi connectivity index (χ4v) is 3.11. The Morgan fingerprint density at radius 1 is 1.12 bits per heavy atom. The van der Waals surface area contributed by atoms with Crippen molar-refractivity contribution in [2.24, 2.45) is 0 Å². The largest absolute Gasteiger partial charge is 0.497 e. The summed E-state index contributed by atoms with van der Waals surface area (Å²) in [6, 6.07) is 11.2. The van der Waals surface area contributed by atoms with Gasteiger partial charge in [-0.1, -0.05) is 0 Å². The summed E-state index contributed by atoms with van der Waals surface area (Å²) in [5.74, 6) is 2.15. The number of anilines is 1. The molecule has 0 bridgehead atoms. The second-order valence-corrected chi connectivity index (χ2v) is 6.14. The lowest BCUT2D eigenvalue weighted by atomic mass is 9.84. The van der Waals surface area contributed by atoms with Crippen molar-refractivity contribution in [2.45, 2.75) is 18.4 Å². The van der Waals surface area contributed by atoms with E-state index < -0.39 is 5.60 Å². The molecule has 2 heterocycles. The average Bonchev–Trinajstić information content (AvgIpc) is 2.68. The van der Waals surface area contributed by atoms with Crippen LogP contribution in [-0.4, -0.2) is 37.4 Å². The highest BCUT2D eigenvalue weighted by atomic mass is 16.5. The molecule has 0 amide bonds. The van der Waals surface area contributed by atoms with Crippen molar-refractivity contribution in [3.05, 3.63) is 47.7 Å². The summed E-state index contributed by atoms with van der Waals surface area (Å²) in [5.41, 5.74) is 0.419. The van der Waals surface area contributed by atoms with E-state index in [0.717, 1.165) is 11.4 Å². The zero-order valence-electron chi connectivity index (χ0n) is 14.4. The van der Waals surface area contributed by atoms with Crippen LogP contribution in [0.1, 0.15) is 24.0 Å². The first-order chi connectivity index (χ1) is 12.1. The van der Waals surface area contributed by atoms with E-state index in [1.165, 1.54) is 0 Å². The molecule has 25 heavy (non-hydrogen) atoms. The first-order valence-corrected chi connectivity index (χ1v) is 8.15. The van der Waals surface area contributed by atoms with Crippen LogP contribution in [0.15, 0.2) is 36.5 Å². The minimum atomic E-state index is -0.926. The van der Waals surface area contributed by atoms with Gasteiger partial charge in [0, 0.05) is 25.4 Å². The van der Waals surface area contributed by atoms with Gasteiger partial charge >= 0.3 is 0 Å². The molecular formula is C19H21N3O3. The van der Waals surface area contributed by atoms with Crippen molar-refractivity contribution in [1.82, 2.24) is 4.98 Å². The molecule has 1 aromatic carbocycles. The minimum Gasteiger partial charge on any atom is -0.497 e. The topological polar surface area (TPSA) is 78.6 Å². The van der Waals surface area contributed by atoms with Gasteiger partial charge in [0.25, 0.3) is 0 Å². The fraction of sp³-hybridized carbons (Fsp3) is 0.368. The molecule has 130 valence electrons. The second-order valence-electron chi connectivity index (χ2n) is 6.14. The molecule has 0 atom stereocenters. The molecule has 3 rings (SSSR count). The molecule has 1 aromatic heterocycles. The summed E-state index contributed by atoms with van der Waals surface area (Å²) in [4.78, 5) is 6.45. The Labute approximate surface area is 147 Å². The molecule has 0 spiro atoms. The van der Waals surface area contributed by atoms with Gasteiger partial charge in [0.15, 0.2) is 0 Å². The molecule has 0 saturated carbocycles. The van der Waals surface area contributed by atoms with Gasteiger partial charge in [-0.2, -0.15) is 5.26 Å². The number of rotatable bonds is 4. The van der Waals surface area contributed by atoms with E-state index >= 15 is 0 Å². The van der Waals surface area contributed by atoms with E-state index in [1.54, 1.807) is 32.5 Å². The molecule has 6 nitrogen and oxygen atoms in total. The number of aromatic nitrogens is 1. The molecule has 0 radical (unpaired) electrons. The monoisotopic (exact) mass is 339 g/mol. The number of benzene rings is 1. The van der Waals surface area contributed by atoms with Crippen LogP contribution < -0.4 is 14.4 Å². The summed E-state index contributed by atoms with van der Waals surface area (Å²) < 4.78 is 10.6. The number of nitrogens with zero attached hydrogens (tertiary/aromatic N) is 3. The van der Waals surface area contributed by atoms with Gasteiger partial charge in [0.05, 0.1) is 25.4 Å². The number of methoxy groups -OCH3 is 2. The molecule has 6 heteroatoms. The van der Waals surface area contributed by atoms with Gasteiger partial charge < -0.3 is 19.5 Å². The third-order valence-corrected chi connectivity index (χ3v) is 4.68. The zero-order valence-corrected chi connectivity index (χ0v) is 14.4. The average molecular weight is 339 g/mol. The number of hydrogen-bond acceptors (Lipinski definition) is 6. The Balaban J connectivity index is 1.77. The van der Waals surface area contributed by atoms with Crippen LogP contribution in [0.5, 0.6) is 11.5 Å². The van der Waals surface area contributed by atoms with E-state index in [2.05, 4.69) is 16.0 Å². The molecule has 1 saturated heterocycles. The van der Waals surface area contributed by atoms with Gasteiger partial charge in [-0.05, 0) is 42.7 Å². The molecule has 2 aromatic rings. The maximum absolute atomic E-state index is 11.1. The minimum absolute atomic E-state index is 0.542. The Kier molecular flexibility index (Phi) is 4.77. The van der Waals surface area contributed by atoms with Gasteiger partial charge in [0.2, 0.25) is 0 Å². The molecular weight excluding hydrogens is 318 g/mol. The van der Waals surface area contributed by atoms with Gasteiger partial charge in [-0.3, -0.25) is 0 Å². The lowest BCUT2D eigenvalue weighted by molar-refractivity contribution is 0.0113. The van der Waals surface area contributed by atoms with E-state index in [0.29, 0.717) is 43.0 Å². The van der Waals surface area contributed by atoms with Gasteiger partial charge in [0.1, 0.15) is 23.4 Å². The number of nitriles is 1. The first-order valence-electron chi connectivity index (χ1n) is 8.15. The predicted molar refractivity (Wildman–Crippen MR) is 93.8 cm³/mol. The standard InChI is InChI=1S/C19H21N3O3/c1-24-16-9-15(10-17(11-16)25-2)19(23)5-7-22(8-6-19)18-4-3-14(12-20)13-21-18/h3-4,9-11,13,23H,5-8H2,1-2H3. The summed E-state index contributed by atoms with van der Waals surface area (Å²) in [7, 11) is 3.20. The van der Waals surface area contributed by atoms with Crippen molar-refractivity contribution >= 4 is 5.82 Å². The number of piperidine rings is 1. The number of ether oxygens (including phenoxy) is 2. The van der Waals surface area contributed by atoms with Crippen molar-refractivity contribution in [3.63, 3.8) is 0 Å². The zero-order chi connectivity index (χ0) is 17.9. The third kappa shape index (κ3) is 3.52. The van der Waals surface area contributed by atoms with Crippen LogP contribution in [0, 0.1) is 11.3 Å². The molecule has 1 aliphatic rings. The summed E-state index contributed by atoms with van der Waals surface area (Å²) >= 11 is 0. The number of aliphatic hydroxyl groups is 1. The van der Waals surface area contributed by atoms with Crippen molar-refractivity contribution in [1.29, 1.82) is 5.26 Å². The Hall–Kier alpha value is -2.78. The Morgan fingerprint density at radius 2 is 1.76 bits per heavy atom. The Morgan fingerprint density at radius 3 is 2.24 bits per heavy atom. The lowest BCUT2D eigenvalue weighted by Gasteiger charge is -2.39. The molecule has 0 unspecified atom stereocenters. The van der Waals surface area contributed by atoms with Crippen LogP contribution in [0.4, 0.5) is 5.82 Å². The first kappa shape index (κ1) is 17.1. The normalized spacial score (nSPS) is 16.2. The summed E-state index contributed by atoms with van der Waals surface area (Å²) in [6.45, 7) is 1.35. The Bertz CT molecular complexity index is 753. The van der Waals surface area contributed by atoms with Crippen LogP contribution >= 0.6 is 0 Å². The second kappa shape index (κ2) is 6.99. The third-order valence-electron chi connectivity index (χ3n) is 4.68. The maximum atomic E-state index is 11.1. The molecule has 1 N–H and O–H groups in total. The van der Waals surface area contributed by atoms with Crippen molar-refractivity contribution in [3.8, 4) is 17.6 Å². The predicted octanol–water partition coefficient (Wildman–Crippen LogP) is 2.46. The van der Waals surface area contributed by atoms with Gasteiger partial charge in [-0.15, -0.1) is 0 Å². The summed E-state index contributed by atoms with van der Waals surface area (Å²) in [6.07, 6.45) is 2.72. The summed E-state index contributed by atoms with van der Waals surface area (Å²) in [5, 5.41) is 20.0. The van der Waals surface area contributed by atoms with Crippen molar-refractivity contribution < 1.29 is 14.6 Å². The van der Waals surface area contributed by atoms with Crippen LogP contribution in [0.2, 0.25) is 0 Å². The molecule has 1 aliphatic heterocycles. The highest BCUT2D eigenvalue weighted by molar-refractivity contribution is 5.45. The maximum Gasteiger partial charge on any atom is 0.128 e. The van der Waals surface area contributed by atoms with Crippen LogP contribution in [0.3, 0.4) is 0 Å². The number of hydrogen-bond donors (Lipinski definition) is 1. The molecule has 1 fully saturated rings. The van der Waals surface area contributed by atoms with Crippen LogP contribution in [-0.2, 0) is 5.60 Å². The van der Waals surface area contributed by atoms with E-state index in [9.17, 15) is 5.11 Å². The van der Waals surface area contributed by atoms with E-state index in [4.69, 9.17) is 14.7 Å². The van der Waals surface area contributed by atoms with Crippen molar-refractivity contribution in [2.75, 3.05) is 32.2 Å². The van der Waals surface area contributed by atoms with E-state index in [-0.39, 0.29) is 0 Å². The van der Waals surface area contributed by atoms with Gasteiger partial charge in [-0.25, -0.2) is 4.98 Å². The highest BCUT2D eigenvalue weighted by Gasteiger charge is 2.35.